The van der Waals surface area contributed by atoms with Crippen molar-refractivity contribution in [1.29, 1.82) is 0 Å². The summed E-state index contributed by atoms with van der Waals surface area (Å²) < 4.78 is 45.0. The van der Waals surface area contributed by atoms with Crippen molar-refractivity contribution in [1.82, 2.24) is 59.8 Å². The Bertz CT molecular complexity index is 6300. The van der Waals surface area contributed by atoms with E-state index in [0.29, 0.717) is 79.3 Å². The van der Waals surface area contributed by atoms with Gasteiger partial charge in [-0.1, -0.05) is 60.4 Å². The number of hydrogen-bond acceptors (Lipinski definition) is 16. The Kier molecular flexibility index (Phi) is 24.0. The first-order valence-electron chi connectivity index (χ1n) is 40.3. The van der Waals surface area contributed by atoms with Crippen LogP contribution in [0.25, 0.3) is 182 Å². The molecule has 0 amide bonds. The number of methoxy groups -OCH3 is 2. The molecule has 598 valence electrons. The zero-order chi connectivity index (χ0) is 82.2. The van der Waals surface area contributed by atoms with Gasteiger partial charge in [0.15, 0.2) is 0 Å². The number of aromatic nitrogens is 12. The van der Waals surface area contributed by atoms with Crippen molar-refractivity contribution < 1.29 is 37.9 Å². The van der Waals surface area contributed by atoms with Gasteiger partial charge in [-0.25, -0.2) is 19.9 Å². The minimum Gasteiger partial charge on any atom is -0.491 e. The van der Waals surface area contributed by atoms with Gasteiger partial charge in [-0.3, -0.25) is 19.9 Å². The molecule has 14 heterocycles. The molecule has 4 aromatic carbocycles. The van der Waals surface area contributed by atoms with Crippen molar-refractivity contribution in [2.75, 3.05) is 93.5 Å². The van der Waals surface area contributed by atoms with Crippen molar-refractivity contribution >= 4 is 92.7 Å². The molecule has 20 nitrogen and oxygen atoms in total. The highest BCUT2D eigenvalue weighted by Gasteiger charge is 2.23. The van der Waals surface area contributed by atoms with Crippen LogP contribution in [0.3, 0.4) is 0 Å². The molecular weight excluding hydrogens is 1520 g/mol. The summed E-state index contributed by atoms with van der Waals surface area (Å²) in [5.41, 5.74) is 29.5. The second-order valence-electron chi connectivity index (χ2n) is 28.8. The standard InChI is InChI=1S/C102H82N12O8/c1-115-55-57-117-59-61-119-63-65-121-77-19-15-71(16-20-77)97-83-27-35-91(111-83)99(73-39-47-103-48-40-73)87-31-23-79(107-87)95(80-24-32-88(108-80)100(74-41-49-104-50-42-74)92-36-28-84(97)112-92)69-11-7-67(8-12-69)5-3-4-6-68-9-13-70(14-10-68)96-81-25-33-89(109-81)101(75-43-51-105-52-44-75)93-37-29-85(113-93)98(72-17-21-78(22-18-72)122-66-64-120-62-60-118-58-56-116-2)86-30-38-94(114-86)102(76-45-53-106-54-46-76)90-34-26-82(96)110-90/h7-54,107,109,112,114H,55-66H2,1-2H3. The molecule has 16 bridgehead atoms. The lowest BCUT2D eigenvalue weighted by Crippen LogP contribution is -2.12. The smallest absolute Gasteiger partial charge is 0.119 e. The van der Waals surface area contributed by atoms with E-state index in [-0.39, 0.29) is 0 Å². The third-order valence-electron chi connectivity index (χ3n) is 21.1. The number of ether oxygens (including phenoxy) is 8. The summed E-state index contributed by atoms with van der Waals surface area (Å²) in [5, 5.41) is 0. The number of hydrogen-bond donors (Lipinski definition) is 4. The third kappa shape index (κ3) is 17.7. The molecule has 0 spiro atoms. The molecule has 18 rings (SSSR count). The van der Waals surface area contributed by atoms with Crippen molar-refractivity contribution in [2.45, 2.75) is 0 Å². The highest BCUT2D eigenvalue weighted by atomic mass is 16.6. The summed E-state index contributed by atoms with van der Waals surface area (Å²) in [6.07, 6.45) is 31.2. The number of fused-ring (bicyclic) bond motifs is 16. The molecule has 20 heteroatoms. The van der Waals surface area contributed by atoms with Crippen LogP contribution in [0.4, 0.5) is 0 Å². The summed E-state index contributed by atoms with van der Waals surface area (Å²) in [5.74, 6) is 14.4. The summed E-state index contributed by atoms with van der Waals surface area (Å²) >= 11 is 0. The van der Waals surface area contributed by atoms with Gasteiger partial charge in [-0.05, 0) is 251 Å². The Morgan fingerprint density at radius 3 is 0.639 bits per heavy atom. The Morgan fingerprint density at radius 1 is 0.221 bits per heavy atom. The van der Waals surface area contributed by atoms with Gasteiger partial charge in [0.25, 0.3) is 0 Å². The molecule has 10 aromatic heterocycles. The van der Waals surface area contributed by atoms with Crippen molar-refractivity contribution in [3.05, 3.63) is 300 Å². The van der Waals surface area contributed by atoms with Crippen molar-refractivity contribution in [3.8, 4) is 124 Å². The maximum atomic E-state index is 6.15. The van der Waals surface area contributed by atoms with Crippen LogP contribution in [0.1, 0.15) is 56.7 Å². The van der Waals surface area contributed by atoms with E-state index in [9.17, 15) is 0 Å². The number of H-pyrrole nitrogens is 4. The monoisotopic (exact) mass is 1600 g/mol. The van der Waals surface area contributed by atoms with Gasteiger partial charge in [0.05, 0.1) is 112 Å². The topological polar surface area (TPSA) is 240 Å². The molecule has 122 heavy (non-hydrogen) atoms. The Labute approximate surface area is 704 Å². The van der Waals surface area contributed by atoms with Gasteiger partial charge >= 0.3 is 0 Å². The maximum absolute atomic E-state index is 6.15. The van der Waals surface area contributed by atoms with Crippen LogP contribution in [0.15, 0.2) is 244 Å². The van der Waals surface area contributed by atoms with Crippen molar-refractivity contribution in [3.63, 3.8) is 0 Å². The van der Waals surface area contributed by atoms with Crippen LogP contribution in [0.2, 0.25) is 0 Å². The molecule has 0 aliphatic carbocycles. The lowest BCUT2D eigenvalue weighted by atomic mass is 10.0. The molecule has 0 saturated carbocycles. The first-order valence-corrected chi connectivity index (χ1v) is 40.3. The number of nitrogens with one attached hydrogen (secondary N) is 4. The zero-order valence-electron chi connectivity index (χ0n) is 67.0. The molecule has 4 aliphatic heterocycles. The molecule has 0 saturated heterocycles. The van der Waals surface area contributed by atoms with E-state index >= 15 is 0 Å². The molecular formula is C102H82N12O8. The molecule has 4 aliphatic rings. The molecule has 14 aromatic rings. The largest absolute Gasteiger partial charge is 0.491 e. The van der Waals surface area contributed by atoms with Crippen LogP contribution < -0.4 is 9.47 Å². The van der Waals surface area contributed by atoms with Crippen LogP contribution >= 0.6 is 0 Å². The number of nitrogens with zero attached hydrogens (tertiary/aromatic N) is 8. The quantitative estimate of drug-likeness (QED) is 0.0263. The van der Waals surface area contributed by atoms with E-state index in [1.165, 1.54) is 0 Å². The summed E-state index contributed by atoms with van der Waals surface area (Å²) in [4.78, 5) is 55.1. The minimum atomic E-state index is 0.388. The van der Waals surface area contributed by atoms with E-state index in [1.807, 2.05) is 147 Å². The Hall–Kier alpha value is -14.8. The summed E-state index contributed by atoms with van der Waals surface area (Å²) in [6.45, 7) is 5.70. The van der Waals surface area contributed by atoms with Gasteiger partial charge in [0.1, 0.15) is 24.7 Å². The predicted molar refractivity (Wildman–Crippen MR) is 484 cm³/mol. The number of pyridine rings is 4. The molecule has 0 fully saturated rings. The van der Waals surface area contributed by atoms with E-state index < -0.39 is 0 Å². The summed E-state index contributed by atoms with van der Waals surface area (Å²) in [6, 6.07) is 65.8. The normalized spacial score (nSPS) is 11.9. The highest BCUT2D eigenvalue weighted by molar-refractivity contribution is 6.03. The SMILES string of the molecule is COCCOCCOCCOc1ccc(-c2c3nc(c(-c4ccncc4)c4ccc([nH]4)c(-c4ccc(C#CC#Cc5ccc(-c6c7nc(c(-c8ccncc8)c8ccc([nH]8)c(-c8ccc(OCCOCCOCCOC)cc8)c8nc(c(-c9ccncc9)c9ccc6[nH]9)C=C8)C=C7)cc5)cc4)c4nc(c(-c5ccncc5)c5ccc2[nH]5)C=C4)C=C3)cc1. The van der Waals surface area contributed by atoms with Gasteiger partial charge < -0.3 is 57.8 Å². The third-order valence-corrected chi connectivity index (χ3v) is 21.1. The Morgan fingerprint density at radius 2 is 0.418 bits per heavy atom. The van der Waals surface area contributed by atoms with Gasteiger partial charge in [0, 0.05) is 164 Å². The fraction of sp³-hybridized carbons (Fsp3) is 0.137. The summed E-state index contributed by atoms with van der Waals surface area (Å²) in [7, 11) is 3.31. The van der Waals surface area contributed by atoms with Crippen LogP contribution in [-0.2, 0) is 28.4 Å². The molecule has 0 radical (unpaired) electrons. The molecule has 0 atom stereocenters. The van der Waals surface area contributed by atoms with E-state index in [1.54, 1.807) is 14.2 Å². The first-order chi connectivity index (χ1) is 60.4. The molecule has 0 unspecified atom stereocenters. The number of benzene rings is 4. The highest BCUT2D eigenvalue weighted by Crippen LogP contribution is 2.43. The lowest BCUT2D eigenvalue weighted by molar-refractivity contribution is 0.0180. The first kappa shape index (κ1) is 78.3. The number of aromatic amines is 4. The average molecular weight is 1600 g/mol. The van der Waals surface area contributed by atoms with Crippen molar-refractivity contribution in [2.24, 2.45) is 0 Å². The second kappa shape index (κ2) is 37.4. The fourth-order valence-corrected chi connectivity index (χ4v) is 15.4. The van der Waals surface area contributed by atoms with Gasteiger partial charge in [0.2, 0.25) is 0 Å². The van der Waals surface area contributed by atoms with Crippen LogP contribution in [0, 0.1) is 23.7 Å². The Balaban J connectivity index is 0.670. The molecule has 4 N–H and O–H groups in total. The second-order valence-corrected chi connectivity index (χ2v) is 28.8. The van der Waals surface area contributed by atoms with E-state index in [2.05, 4.69) is 209 Å². The van der Waals surface area contributed by atoms with Crippen LogP contribution in [-0.4, -0.2) is 153 Å². The number of rotatable bonds is 28. The van der Waals surface area contributed by atoms with E-state index in [0.717, 1.165) is 201 Å². The predicted octanol–water partition coefficient (Wildman–Crippen LogP) is 20.1. The van der Waals surface area contributed by atoms with E-state index in [4.69, 9.17) is 57.8 Å². The zero-order valence-corrected chi connectivity index (χ0v) is 67.0. The fourth-order valence-electron chi connectivity index (χ4n) is 15.4. The maximum Gasteiger partial charge on any atom is 0.119 e. The lowest BCUT2D eigenvalue weighted by Gasteiger charge is -2.09. The van der Waals surface area contributed by atoms with Crippen LogP contribution in [0.5, 0.6) is 11.5 Å². The average Bonchev–Trinajstić information content (AvgIpc) is 1.62. The van der Waals surface area contributed by atoms with Gasteiger partial charge in [-0.2, -0.15) is 0 Å². The minimum absolute atomic E-state index is 0.388. The van der Waals surface area contributed by atoms with Gasteiger partial charge in [-0.15, -0.1) is 0 Å².